The van der Waals surface area contributed by atoms with Gasteiger partial charge in [0.25, 0.3) is 10.0 Å². The first-order valence-corrected chi connectivity index (χ1v) is 14.9. The molecule has 0 radical (unpaired) electrons. The molecule has 10 heteroatoms. The van der Waals surface area contributed by atoms with Gasteiger partial charge in [0.1, 0.15) is 18.3 Å². The van der Waals surface area contributed by atoms with Crippen molar-refractivity contribution in [2.24, 2.45) is 0 Å². The zero-order valence-electron chi connectivity index (χ0n) is 23.4. The Morgan fingerprint density at radius 2 is 1.57 bits per heavy atom. The Kier molecular flexibility index (Phi) is 10.6. The van der Waals surface area contributed by atoms with Crippen molar-refractivity contribution in [3.05, 3.63) is 88.9 Å². The molecule has 0 spiro atoms. The molecule has 0 aliphatic rings. The summed E-state index contributed by atoms with van der Waals surface area (Å²) >= 11 is 6.01. The van der Waals surface area contributed by atoms with E-state index in [1.165, 1.54) is 29.2 Å². The minimum Gasteiger partial charge on any atom is -0.492 e. The Morgan fingerprint density at radius 1 is 0.950 bits per heavy atom. The van der Waals surface area contributed by atoms with Gasteiger partial charge in [-0.1, -0.05) is 53.6 Å². The van der Waals surface area contributed by atoms with Gasteiger partial charge in [-0.3, -0.25) is 13.9 Å². The van der Waals surface area contributed by atoms with E-state index in [4.69, 9.17) is 16.3 Å². The molecule has 0 saturated carbocycles. The molecule has 0 aromatic heterocycles. The van der Waals surface area contributed by atoms with Crippen molar-refractivity contribution >= 4 is 39.1 Å². The van der Waals surface area contributed by atoms with Crippen molar-refractivity contribution in [3.8, 4) is 5.75 Å². The van der Waals surface area contributed by atoms with Crippen LogP contribution in [0.3, 0.4) is 0 Å². The highest BCUT2D eigenvalue weighted by Crippen LogP contribution is 2.33. The molecule has 0 bridgehead atoms. The highest BCUT2D eigenvalue weighted by Gasteiger charge is 2.34. The number of carbonyl (C=O) groups excluding carboxylic acids is 2. The number of nitrogens with zero attached hydrogens (tertiary/aromatic N) is 2. The van der Waals surface area contributed by atoms with E-state index in [2.05, 4.69) is 5.32 Å². The third-order valence-corrected chi connectivity index (χ3v) is 8.21. The molecule has 0 fully saturated rings. The monoisotopic (exact) mass is 585 g/mol. The molecule has 1 N–H and O–H groups in total. The first-order chi connectivity index (χ1) is 18.9. The normalized spacial score (nSPS) is 12.1. The Labute approximate surface area is 241 Å². The number of hydrogen-bond donors (Lipinski definition) is 1. The lowest BCUT2D eigenvalue weighted by Crippen LogP contribution is -2.52. The van der Waals surface area contributed by atoms with E-state index in [-0.39, 0.29) is 29.1 Å². The minimum absolute atomic E-state index is 0.0355. The van der Waals surface area contributed by atoms with Crippen molar-refractivity contribution in [2.45, 2.75) is 58.1 Å². The fourth-order valence-corrected chi connectivity index (χ4v) is 5.62. The van der Waals surface area contributed by atoms with E-state index in [1.807, 2.05) is 45.0 Å². The van der Waals surface area contributed by atoms with Gasteiger partial charge in [0, 0.05) is 17.6 Å². The first kappa shape index (κ1) is 31.0. The number of benzene rings is 3. The summed E-state index contributed by atoms with van der Waals surface area (Å²) in [4.78, 5) is 28.4. The SMILES string of the molecule is CCOc1ccccc1N(CC(=O)N(Cc1ccc(C)cc1)C(C)C(=O)NC(C)C)S(=O)(=O)c1ccc(Cl)cc1. The lowest BCUT2D eigenvalue weighted by molar-refractivity contribution is -0.139. The van der Waals surface area contributed by atoms with Gasteiger partial charge in [-0.2, -0.15) is 0 Å². The number of sulfonamides is 1. The lowest BCUT2D eigenvalue weighted by atomic mass is 10.1. The first-order valence-electron chi connectivity index (χ1n) is 13.1. The summed E-state index contributed by atoms with van der Waals surface area (Å²) in [5, 5.41) is 3.23. The van der Waals surface area contributed by atoms with E-state index in [0.717, 1.165) is 15.4 Å². The van der Waals surface area contributed by atoms with Crippen molar-refractivity contribution in [2.75, 3.05) is 17.5 Å². The zero-order chi connectivity index (χ0) is 29.4. The van der Waals surface area contributed by atoms with Crippen LogP contribution >= 0.6 is 11.6 Å². The van der Waals surface area contributed by atoms with Crippen LogP contribution in [0.5, 0.6) is 5.75 Å². The minimum atomic E-state index is -4.24. The molecule has 3 aromatic carbocycles. The second-order valence-electron chi connectivity index (χ2n) is 9.71. The number of ether oxygens (including phenoxy) is 1. The van der Waals surface area contributed by atoms with Crippen molar-refractivity contribution in [3.63, 3.8) is 0 Å². The van der Waals surface area contributed by atoms with Crippen molar-refractivity contribution < 1.29 is 22.7 Å². The molecule has 3 aromatic rings. The maximum atomic E-state index is 14.0. The highest BCUT2D eigenvalue weighted by atomic mass is 35.5. The number of anilines is 1. The van der Waals surface area contributed by atoms with Crippen molar-refractivity contribution in [1.82, 2.24) is 10.2 Å². The zero-order valence-corrected chi connectivity index (χ0v) is 25.0. The number of nitrogens with one attached hydrogen (secondary N) is 1. The molecule has 2 amide bonds. The summed E-state index contributed by atoms with van der Waals surface area (Å²) < 4.78 is 34.7. The van der Waals surface area contributed by atoms with E-state index in [1.54, 1.807) is 38.1 Å². The molecule has 0 saturated heterocycles. The Bertz CT molecular complexity index is 1410. The average molecular weight is 586 g/mol. The van der Waals surface area contributed by atoms with Gasteiger partial charge in [0.05, 0.1) is 17.2 Å². The molecule has 1 atom stereocenters. The van der Waals surface area contributed by atoms with Crippen LogP contribution in [0.25, 0.3) is 0 Å². The Balaban J connectivity index is 2.08. The third kappa shape index (κ3) is 7.76. The second kappa shape index (κ2) is 13.7. The van der Waals surface area contributed by atoms with E-state index >= 15 is 0 Å². The van der Waals surface area contributed by atoms with Crippen LogP contribution in [-0.2, 0) is 26.2 Å². The fraction of sp³-hybridized carbons (Fsp3) is 0.333. The number of hydrogen-bond acceptors (Lipinski definition) is 5. The molecular formula is C30H36ClN3O5S. The molecule has 1 unspecified atom stereocenters. The van der Waals surface area contributed by atoms with Gasteiger partial charge in [-0.15, -0.1) is 0 Å². The number of carbonyl (C=O) groups is 2. The number of rotatable bonds is 12. The molecule has 3 rings (SSSR count). The van der Waals surface area contributed by atoms with Crippen LogP contribution in [0.2, 0.25) is 5.02 Å². The number of aryl methyl sites for hydroxylation is 1. The summed E-state index contributed by atoms with van der Waals surface area (Å²) in [7, 11) is -4.24. The smallest absolute Gasteiger partial charge is 0.264 e. The summed E-state index contributed by atoms with van der Waals surface area (Å²) in [6, 6.07) is 19.0. The fourth-order valence-electron chi connectivity index (χ4n) is 4.07. The predicted molar refractivity (Wildman–Crippen MR) is 158 cm³/mol. The van der Waals surface area contributed by atoms with E-state index in [0.29, 0.717) is 17.4 Å². The highest BCUT2D eigenvalue weighted by molar-refractivity contribution is 7.92. The summed E-state index contributed by atoms with van der Waals surface area (Å²) in [5.41, 5.74) is 2.08. The molecular weight excluding hydrogens is 550 g/mol. The average Bonchev–Trinajstić information content (AvgIpc) is 2.91. The molecule has 0 heterocycles. The number of halogens is 1. The van der Waals surface area contributed by atoms with E-state index in [9.17, 15) is 18.0 Å². The molecule has 8 nitrogen and oxygen atoms in total. The summed E-state index contributed by atoms with van der Waals surface area (Å²) in [6.45, 7) is 8.92. The van der Waals surface area contributed by atoms with Crippen LogP contribution in [-0.4, -0.2) is 50.4 Å². The largest absolute Gasteiger partial charge is 0.492 e. The maximum absolute atomic E-state index is 14.0. The summed E-state index contributed by atoms with van der Waals surface area (Å²) in [5.74, 6) is -0.570. The van der Waals surface area contributed by atoms with E-state index < -0.39 is 28.5 Å². The number of para-hydroxylation sites is 2. The molecule has 214 valence electrons. The second-order valence-corrected chi connectivity index (χ2v) is 12.0. The van der Waals surface area contributed by atoms with Crippen LogP contribution in [0, 0.1) is 6.92 Å². The third-order valence-electron chi connectivity index (χ3n) is 6.19. The quantitative estimate of drug-likeness (QED) is 0.316. The molecule has 40 heavy (non-hydrogen) atoms. The molecule has 0 aliphatic carbocycles. The van der Waals surface area contributed by atoms with Gasteiger partial charge in [-0.25, -0.2) is 8.42 Å². The Morgan fingerprint density at radius 3 is 2.17 bits per heavy atom. The maximum Gasteiger partial charge on any atom is 0.264 e. The standard InChI is InChI=1S/C30H36ClN3O5S/c1-6-39-28-10-8-7-9-27(28)34(40(37,38)26-17-15-25(31)16-18-26)20-29(35)33(23(5)30(36)32-21(2)3)19-24-13-11-22(4)12-14-24/h7-18,21,23H,6,19-20H2,1-5H3,(H,32,36). The van der Waals surface area contributed by atoms with Crippen molar-refractivity contribution in [1.29, 1.82) is 0 Å². The van der Waals surface area contributed by atoms with Crippen LogP contribution in [0.15, 0.2) is 77.7 Å². The Hall–Kier alpha value is -3.56. The van der Waals surface area contributed by atoms with Gasteiger partial charge >= 0.3 is 0 Å². The topological polar surface area (TPSA) is 96.0 Å². The van der Waals surface area contributed by atoms with Gasteiger partial charge in [0.15, 0.2) is 0 Å². The van der Waals surface area contributed by atoms with Gasteiger partial charge in [-0.05, 0) is 76.6 Å². The predicted octanol–water partition coefficient (Wildman–Crippen LogP) is 5.18. The summed E-state index contributed by atoms with van der Waals surface area (Å²) in [6.07, 6.45) is 0. The lowest BCUT2D eigenvalue weighted by Gasteiger charge is -2.32. The van der Waals surface area contributed by atoms with Gasteiger partial charge < -0.3 is 15.0 Å². The molecule has 0 aliphatic heterocycles. The number of amides is 2. The van der Waals surface area contributed by atoms with Crippen LogP contribution in [0.1, 0.15) is 38.8 Å². The van der Waals surface area contributed by atoms with Gasteiger partial charge in [0.2, 0.25) is 11.8 Å². The van der Waals surface area contributed by atoms with Crippen LogP contribution in [0.4, 0.5) is 5.69 Å². The van der Waals surface area contributed by atoms with Crippen LogP contribution < -0.4 is 14.4 Å².